The van der Waals surface area contributed by atoms with Crippen molar-refractivity contribution in [1.29, 1.82) is 0 Å². The first-order chi connectivity index (χ1) is 10.5. The summed E-state index contributed by atoms with van der Waals surface area (Å²) in [6.45, 7) is 5.82. The van der Waals surface area contributed by atoms with Gasteiger partial charge in [0, 0.05) is 18.8 Å². The third-order valence-electron chi connectivity index (χ3n) is 3.39. The molecule has 0 radical (unpaired) electrons. The number of carbonyl (C=O) groups excluding carboxylic acids is 2. The van der Waals surface area contributed by atoms with Crippen molar-refractivity contribution < 1.29 is 14.3 Å². The maximum absolute atomic E-state index is 12.0. The molecule has 0 spiro atoms. The number of hydrogen-bond donors (Lipinski definition) is 1. The Morgan fingerprint density at radius 3 is 2.73 bits per heavy atom. The van der Waals surface area contributed by atoms with Crippen LogP contribution in [-0.4, -0.2) is 54.0 Å². The van der Waals surface area contributed by atoms with Crippen LogP contribution in [0.5, 0.6) is 0 Å². The molecule has 1 heterocycles. The van der Waals surface area contributed by atoms with Crippen molar-refractivity contribution in [2.75, 3.05) is 36.5 Å². The molecule has 6 heteroatoms. The predicted molar refractivity (Wildman–Crippen MR) is 89.1 cm³/mol. The van der Waals surface area contributed by atoms with Crippen molar-refractivity contribution in [1.82, 2.24) is 4.90 Å². The molecule has 120 valence electrons. The topological polar surface area (TPSA) is 58.6 Å². The largest absolute Gasteiger partial charge is 0.375 e. The number of amides is 2. The maximum atomic E-state index is 12.0. The average Bonchev–Trinajstić information content (AvgIpc) is 2.49. The van der Waals surface area contributed by atoms with Crippen molar-refractivity contribution >= 4 is 29.3 Å². The second kappa shape index (κ2) is 8.19. The molecule has 22 heavy (non-hydrogen) atoms. The van der Waals surface area contributed by atoms with E-state index in [0.717, 1.165) is 11.3 Å². The van der Waals surface area contributed by atoms with Crippen LogP contribution in [0.2, 0.25) is 0 Å². The molecule has 1 aromatic carbocycles. The van der Waals surface area contributed by atoms with Gasteiger partial charge in [-0.2, -0.15) is 0 Å². The number of thioether (sulfide) groups is 1. The highest BCUT2D eigenvalue weighted by Gasteiger charge is 2.21. The van der Waals surface area contributed by atoms with Crippen molar-refractivity contribution in [2.24, 2.45) is 0 Å². The van der Waals surface area contributed by atoms with Crippen LogP contribution in [-0.2, 0) is 14.3 Å². The highest BCUT2D eigenvalue weighted by Crippen LogP contribution is 2.11. The number of ether oxygens (including phenoxy) is 1. The summed E-state index contributed by atoms with van der Waals surface area (Å²) in [5.74, 6) is 0.591. The number of carbonyl (C=O) groups is 2. The van der Waals surface area contributed by atoms with Gasteiger partial charge in [0.2, 0.25) is 11.8 Å². The number of hydrogen-bond acceptors (Lipinski definition) is 4. The Bertz CT molecular complexity index is 519. The van der Waals surface area contributed by atoms with Gasteiger partial charge in [-0.3, -0.25) is 9.59 Å². The van der Waals surface area contributed by atoms with Gasteiger partial charge >= 0.3 is 0 Å². The molecule has 5 nitrogen and oxygen atoms in total. The van der Waals surface area contributed by atoms with Crippen LogP contribution in [0, 0.1) is 6.92 Å². The van der Waals surface area contributed by atoms with Crippen LogP contribution in [0.3, 0.4) is 0 Å². The van der Waals surface area contributed by atoms with E-state index >= 15 is 0 Å². The first-order valence-corrected chi connectivity index (χ1v) is 8.53. The molecule has 0 aromatic heterocycles. The summed E-state index contributed by atoms with van der Waals surface area (Å²) in [4.78, 5) is 25.7. The van der Waals surface area contributed by atoms with E-state index in [1.807, 2.05) is 38.1 Å². The van der Waals surface area contributed by atoms with Crippen LogP contribution in [0.15, 0.2) is 24.3 Å². The molecular weight excluding hydrogens is 300 g/mol. The number of nitrogens with zero attached hydrogens (tertiary/aromatic N) is 1. The lowest BCUT2D eigenvalue weighted by Gasteiger charge is -2.31. The molecule has 0 aliphatic carbocycles. The van der Waals surface area contributed by atoms with Gasteiger partial charge in [0.15, 0.2) is 0 Å². The molecule has 2 rings (SSSR count). The summed E-state index contributed by atoms with van der Waals surface area (Å²) in [6, 6.07) is 7.65. The van der Waals surface area contributed by atoms with E-state index in [0.29, 0.717) is 25.4 Å². The molecule has 1 aromatic rings. The Kier molecular flexibility index (Phi) is 6.27. The molecule has 1 atom stereocenters. The Labute approximate surface area is 135 Å². The van der Waals surface area contributed by atoms with E-state index in [2.05, 4.69) is 5.32 Å². The van der Waals surface area contributed by atoms with Gasteiger partial charge in [0.1, 0.15) is 0 Å². The molecular formula is C16H22N2O3S. The number of rotatable bonds is 5. The molecule has 1 unspecified atom stereocenters. The lowest BCUT2D eigenvalue weighted by molar-refractivity contribution is -0.135. The molecule has 1 N–H and O–H groups in total. The Morgan fingerprint density at radius 1 is 1.32 bits per heavy atom. The number of aryl methyl sites for hydroxylation is 1. The van der Waals surface area contributed by atoms with Gasteiger partial charge in [0.25, 0.3) is 0 Å². The van der Waals surface area contributed by atoms with Crippen molar-refractivity contribution in [3.05, 3.63) is 29.8 Å². The monoisotopic (exact) mass is 322 g/mol. The number of anilines is 1. The fourth-order valence-electron chi connectivity index (χ4n) is 2.20. The minimum absolute atomic E-state index is 0.0725. The van der Waals surface area contributed by atoms with Crippen LogP contribution >= 0.6 is 11.8 Å². The van der Waals surface area contributed by atoms with E-state index in [9.17, 15) is 9.59 Å². The van der Waals surface area contributed by atoms with Gasteiger partial charge in [-0.05, 0) is 26.0 Å². The summed E-state index contributed by atoms with van der Waals surface area (Å²) < 4.78 is 5.41. The Morgan fingerprint density at radius 2 is 2.05 bits per heavy atom. The molecule has 1 aliphatic rings. The highest BCUT2D eigenvalue weighted by atomic mass is 32.2. The van der Waals surface area contributed by atoms with E-state index < -0.39 is 0 Å². The van der Waals surface area contributed by atoms with Crippen LogP contribution in [0.25, 0.3) is 0 Å². The van der Waals surface area contributed by atoms with Gasteiger partial charge in [0.05, 0.1) is 24.2 Å². The lowest BCUT2D eigenvalue weighted by Crippen LogP contribution is -2.45. The normalized spacial score (nSPS) is 18.1. The summed E-state index contributed by atoms with van der Waals surface area (Å²) in [6.07, 6.45) is 0.0903. The summed E-state index contributed by atoms with van der Waals surface area (Å²) in [5.41, 5.74) is 1.93. The van der Waals surface area contributed by atoms with E-state index in [1.54, 1.807) is 4.90 Å². The second-order valence-corrected chi connectivity index (χ2v) is 6.41. The standard InChI is InChI=1S/C16H22N2O3S/c1-12-3-5-14(6-4-12)17-15(19)10-22-11-16(20)18-7-8-21-13(2)9-18/h3-6,13H,7-11H2,1-2H3,(H,17,19). The third kappa shape index (κ3) is 5.35. The first kappa shape index (κ1) is 16.8. The first-order valence-electron chi connectivity index (χ1n) is 7.38. The molecule has 1 saturated heterocycles. The number of nitrogens with one attached hydrogen (secondary N) is 1. The van der Waals surface area contributed by atoms with Crippen molar-refractivity contribution in [2.45, 2.75) is 20.0 Å². The van der Waals surface area contributed by atoms with Gasteiger partial charge in [-0.15, -0.1) is 11.8 Å². The van der Waals surface area contributed by atoms with Crippen LogP contribution < -0.4 is 5.32 Å². The highest BCUT2D eigenvalue weighted by molar-refractivity contribution is 8.00. The zero-order valence-electron chi connectivity index (χ0n) is 13.0. The minimum Gasteiger partial charge on any atom is -0.375 e. The third-order valence-corrected chi connectivity index (χ3v) is 4.31. The summed E-state index contributed by atoms with van der Waals surface area (Å²) in [7, 11) is 0. The molecule has 1 aliphatic heterocycles. The van der Waals surface area contributed by atoms with E-state index in [4.69, 9.17) is 4.74 Å². The maximum Gasteiger partial charge on any atom is 0.234 e. The Hall–Kier alpha value is -1.53. The zero-order valence-corrected chi connectivity index (χ0v) is 13.8. The van der Waals surface area contributed by atoms with Gasteiger partial charge < -0.3 is 15.0 Å². The smallest absolute Gasteiger partial charge is 0.234 e. The van der Waals surface area contributed by atoms with Crippen molar-refractivity contribution in [3.63, 3.8) is 0 Å². The van der Waals surface area contributed by atoms with Crippen LogP contribution in [0.1, 0.15) is 12.5 Å². The minimum atomic E-state index is -0.0861. The average molecular weight is 322 g/mol. The summed E-state index contributed by atoms with van der Waals surface area (Å²) in [5, 5.41) is 2.82. The lowest BCUT2D eigenvalue weighted by atomic mass is 10.2. The Balaban J connectivity index is 1.68. The van der Waals surface area contributed by atoms with E-state index in [1.165, 1.54) is 11.8 Å². The molecule has 1 fully saturated rings. The number of benzene rings is 1. The molecule has 2 amide bonds. The second-order valence-electron chi connectivity index (χ2n) is 5.43. The van der Waals surface area contributed by atoms with Gasteiger partial charge in [-0.1, -0.05) is 17.7 Å². The van der Waals surface area contributed by atoms with Crippen LogP contribution in [0.4, 0.5) is 5.69 Å². The molecule has 0 saturated carbocycles. The van der Waals surface area contributed by atoms with Crippen molar-refractivity contribution in [3.8, 4) is 0 Å². The predicted octanol–water partition coefficient (Wildman–Crippen LogP) is 1.91. The summed E-state index contributed by atoms with van der Waals surface area (Å²) >= 11 is 1.34. The quantitative estimate of drug-likeness (QED) is 0.900. The SMILES string of the molecule is Cc1ccc(NC(=O)CSCC(=O)N2CCOC(C)C2)cc1. The van der Waals surface area contributed by atoms with E-state index in [-0.39, 0.29) is 23.7 Å². The fourth-order valence-corrected chi connectivity index (χ4v) is 2.92. The number of morpholine rings is 1. The van der Waals surface area contributed by atoms with Gasteiger partial charge in [-0.25, -0.2) is 0 Å². The fraction of sp³-hybridized carbons (Fsp3) is 0.500. The zero-order chi connectivity index (χ0) is 15.9. The molecule has 0 bridgehead atoms.